The Balaban J connectivity index is 2.32. The van der Waals surface area contributed by atoms with Gasteiger partial charge in [-0.25, -0.2) is 4.79 Å². The van der Waals surface area contributed by atoms with Gasteiger partial charge >= 0.3 is 5.97 Å². The lowest BCUT2D eigenvalue weighted by atomic mass is 10.2. The van der Waals surface area contributed by atoms with Crippen LogP contribution in [-0.2, 0) is 0 Å². The summed E-state index contributed by atoms with van der Waals surface area (Å²) in [5.41, 5.74) is 1.25. The van der Waals surface area contributed by atoms with Crippen molar-refractivity contribution in [1.82, 2.24) is 4.98 Å². The molecule has 0 fully saturated rings. The van der Waals surface area contributed by atoms with Gasteiger partial charge in [-0.15, -0.1) is 11.3 Å². The fraction of sp³-hybridized carbons (Fsp3) is 0.0833. The summed E-state index contributed by atoms with van der Waals surface area (Å²) in [7, 11) is 0. The van der Waals surface area contributed by atoms with Crippen molar-refractivity contribution in [3.8, 4) is 0 Å². The van der Waals surface area contributed by atoms with Gasteiger partial charge in [0.15, 0.2) is 0 Å². The first-order chi connectivity index (χ1) is 9.00. The molecular formula is C12H9ClN2O3S. The topological polar surface area (TPSA) is 79.3 Å². The molecule has 0 radical (unpaired) electrons. The van der Waals surface area contributed by atoms with Crippen LogP contribution in [0.1, 0.15) is 25.6 Å². The molecule has 2 rings (SSSR count). The summed E-state index contributed by atoms with van der Waals surface area (Å²) in [6.07, 6.45) is 2.80. The van der Waals surface area contributed by atoms with Crippen molar-refractivity contribution >= 4 is 40.5 Å². The highest BCUT2D eigenvalue weighted by Crippen LogP contribution is 2.28. The minimum atomic E-state index is -1.07. The Morgan fingerprint density at radius 1 is 1.47 bits per heavy atom. The molecule has 0 bridgehead atoms. The molecule has 0 aromatic carbocycles. The van der Waals surface area contributed by atoms with E-state index in [-0.39, 0.29) is 15.5 Å². The molecule has 0 aliphatic heterocycles. The van der Waals surface area contributed by atoms with Gasteiger partial charge in [-0.2, -0.15) is 0 Å². The smallest absolute Gasteiger partial charge is 0.348 e. The minimum Gasteiger partial charge on any atom is -0.477 e. The predicted molar refractivity (Wildman–Crippen MR) is 73.2 cm³/mol. The van der Waals surface area contributed by atoms with Crippen LogP contribution in [0.4, 0.5) is 5.69 Å². The number of carbonyl (C=O) groups is 2. The van der Waals surface area contributed by atoms with Crippen LogP contribution in [0.15, 0.2) is 23.8 Å². The Labute approximate surface area is 117 Å². The molecule has 0 saturated carbocycles. The van der Waals surface area contributed by atoms with Crippen LogP contribution < -0.4 is 5.32 Å². The summed E-state index contributed by atoms with van der Waals surface area (Å²) in [6, 6.07) is 1.47. The molecule has 98 valence electrons. The Morgan fingerprint density at radius 3 is 2.84 bits per heavy atom. The van der Waals surface area contributed by atoms with Crippen LogP contribution >= 0.6 is 22.9 Å². The fourth-order valence-electron chi connectivity index (χ4n) is 1.50. The zero-order valence-corrected chi connectivity index (χ0v) is 11.4. The molecule has 0 atom stereocenters. The van der Waals surface area contributed by atoms with Gasteiger partial charge in [0, 0.05) is 12.4 Å². The van der Waals surface area contributed by atoms with E-state index >= 15 is 0 Å². The van der Waals surface area contributed by atoms with Crippen molar-refractivity contribution in [2.75, 3.05) is 5.32 Å². The number of pyridine rings is 1. The molecule has 0 saturated heterocycles. The predicted octanol–water partition coefficient (Wildman–Crippen LogP) is 3.06. The van der Waals surface area contributed by atoms with Gasteiger partial charge in [-0.1, -0.05) is 11.6 Å². The highest BCUT2D eigenvalue weighted by Gasteiger charge is 2.19. The second-order valence-electron chi connectivity index (χ2n) is 3.74. The number of nitrogens with zero attached hydrogens (tertiary/aromatic N) is 1. The molecule has 1 amide bonds. The first-order valence-electron chi connectivity index (χ1n) is 5.23. The van der Waals surface area contributed by atoms with E-state index in [0.717, 1.165) is 11.3 Å². The van der Waals surface area contributed by atoms with Crippen molar-refractivity contribution < 1.29 is 14.7 Å². The minimum absolute atomic E-state index is 0.0935. The molecule has 0 aliphatic rings. The van der Waals surface area contributed by atoms with Crippen molar-refractivity contribution in [2.24, 2.45) is 0 Å². The number of aryl methyl sites for hydroxylation is 1. The molecular weight excluding hydrogens is 288 g/mol. The van der Waals surface area contributed by atoms with Gasteiger partial charge < -0.3 is 10.4 Å². The summed E-state index contributed by atoms with van der Waals surface area (Å²) in [4.78, 5) is 27.0. The third kappa shape index (κ3) is 2.74. The molecule has 2 aromatic heterocycles. The van der Waals surface area contributed by atoms with Crippen LogP contribution in [0.25, 0.3) is 0 Å². The maximum Gasteiger partial charge on any atom is 0.348 e. The van der Waals surface area contributed by atoms with Gasteiger partial charge in [0.25, 0.3) is 5.91 Å². The van der Waals surface area contributed by atoms with Crippen LogP contribution in [0.5, 0.6) is 0 Å². The number of hydrogen-bond acceptors (Lipinski definition) is 4. The molecule has 0 spiro atoms. The maximum atomic E-state index is 12.0. The Hall–Kier alpha value is -1.92. The average Bonchev–Trinajstić information content (AvgIpc) is 2.71. The van der Waals surface area contributed by atoms with Crippen molar-refractivity contribution in [2.45, 2.75) is 6.92 Å². The first-order valence-corrected chi connectivity index (χ1v) is 6.48. The SMILES string of the molecule is Cc1csc(C(=O)O)c1NC(=O)c1ccncc1Cl. The number of nitrogens with one attached hydrogen (secondary N) is 1. The maximum absolute atomic E-state index is 12.0. The van der Waals surface area contributed by atoms with E-state index in [1.165, 1.54) is 18.5 Å². The second-order valence-corrected chi connectivity index (χ2v) is 5.02. The van der Waals surface area contributed by atoms with Crippen LogP contribution in [0.2, 0.25) is 5.02 Å². The third-order valence-corrected chi connectivity index (χ3v) is 3.81. The summed E-state index contributed by atoms with van der Waals surface area (Å²) in [5, 5.41) is 13.5. The number of carboxylic acid groups (broad SMARTS) is 1. The fourth-order valence-corrected chi connectivity index (χ4v) is 2.55. The normalized spacial score (nSPS) is 10.2. The quantitative estimate of drug-likeness (QED) is 0.912. The van der Waals surface area contributed by atoms with Crippen molar-refractivity contribution in [1.29, 1.82) is 0 Å². The number of thiophene rings is 1. The molecule has 7 heteroatoms. The van der Waals surface area contributed by atoms with E-state index < -0.39 is 11.9 Å². The zero-order chi connectivity index (χ0) is 14.0. The first kappa shape index (κ1) is 13.5. The molecule has 5 nitrogen and oxygen atoms in total. The summed E-state index contributed by atoms with van der Waals surface area (Å²) in [6.45, 7) is 1.73. The lowest BCUT2D eigenvalue weighted by Crippen LogP contribution is -2.14. The van der Waals surface area contributed by atoms with Crippen molar-refractivity contribution in [3.05, 3.63) is 44.9 Å². The number of aromatic carboxylic acids is 1. The number of rotatable bonds is 3. The molecule has 19 heavy (non-hydrogen) atoms. The molecule has 0 unspecified atom stereocenters. The average molecular weight is 297 g/mol. The third-order valence-electron chi connectivity index (χ3n) is 2.42. The van der Waals surface area contributed by atoms with Crippen LogP contribution in [0.3, 0.4) is 0 Å². The number of anilines is 1. The zero-order valence-electron chi connectivity index (χ0n) is 9.81. The molecule has 0 aliphatic carbocycles. The molecule has 2 N–H and O–H groups in total. The molecule has 2 aromatic rings. The summed E-state index contributed by atoms with van der Waals surface area (Å²) in [5.74, 6) is -1.54. The Bertz CT molecular complexity index is 654. The van der Waals surface area contributed by atoms with Gasteiger partial charge in [0.05, 0.1) is 16.3 Å². The highest BCUT2D eigenvalue weighted by atomic mass is 35.5. The monoisotopic (exact) mass is 296 g/mol. The van der Waals surface area contributed by atoms with E-state index in [4.69, 9.17) is 16.7 Å². The lowest BCUT2D eigenvalue weighted by Gasteiger charge is -2.07. The van der Waals surface area contributed by atoms with Crippen molar-refractivity contribution in [3.63, 3.8) is 0 Å². The van der Waals surface area contributed by atoms with Gasteiger partial charge in [0.2, 0.25) is 0 Å². The number of hydrogen-bond donors (Lipinski definition) is 2. The Morgan fingerprint density at radius 2 is 2.21 bits per heavy atom. The van der Waals surface area contributed by atoms with Crippen LogP contribution in [0, 0.1) is 6.92 Å². The second kappa shape index (κ2) is 5.38. The van der Waals surface area contributed by atoms with E-state index in [2.05, 4.69) is 10.3 Å². The highest BCUT2D eigenvalue weighted by molar-refractivity contribution is 7.12. The number of aromatic nitrogens is 1. The van der Waals surface area contributed by atoms with E-state index in [1.807, 2.05) is 0 Å². The largest absolute Gasteiger partial charge is 0.477 e. The van der Waals surface area contributed by atoms with E-state index in [0.29, 0.717) is 11.3 Å². The molecule has 2 heterocycles. The van der Waals surface area contributed by atoms with E-state index in [9.17, 15) is 9.59 Å². The number of halogens is 1. The van der Waals surface area contributed by atoms with Crippen LogP contribution in [-0.4, -0.2) is 22.0 Å². The van der Waals surface area contributed by atoms with E-state index in [1.54, 1.807) is 12.3 Å². The summed E-state index contributed by atoms with van der Waals surface area (Å²) >= 11 is 6.93. The van der Waals surface area contributed by atoms with Gasteiger partial charge in [-0.3, -0.25) is 9.78 Å². The number of carboxylic acids is 1. The lowest BCUT2D eigenvalue weighted by molar-refractivity contribution is 0.0703. The van der Waals surface area contributed by atoms with Gasteiger partial charge in [-0.05, 0) is 23.9 Å². The standard InChI is InChI=1S/C12H9ClN2O3S/c1-6-5-19-10(12(17)18)9(6)15-11(16)7-2-3-14-4-8(7)13/h2-5H,1H3,(H,15,16)(H,17,18). The Kier molecular flexibility index (Phi) is 3.82. The number of carbonyl (C=O) groups excluding carboxylic acids is 1. The number of amides is 1. The van der Waals surface area contributed by atoms with Gasteiger partial charge in [0.1, 0.15) is 4.88 Å². The summed E-state index contributed by atoms with van der Waals surface area (Å²) < 4.78 is 0.